The van der Waals surface area contributed by atoms with Gasteiger partial charge in [-0.1, -0.05) is 12.1 Å². The molecule has 1 atom stereocenters. The summed E-state index contributed by atoms with van der Waals surface area (Å²) in [6.45, 7) is 3.66. The van der Waals surface area contributed by atoms with Crippen molar-refractivity contribution in [3.05, 3.63) is 39.4 Å². The average Bonchev–Trinajstić information content (AvgIpc) is 2.41. The summed E-state index contributed by atoms with van der Waals surface area (Å²) in [7, 11) is 0. The normalized spacial score (nSPS) is 19.8. The lowest BCUT2D eigenvalue weighted by Crippen LogP contribution is -2.38. The molecule has 1 aliphatic rings. The Morgan fingerprint density at radius 1 is 1.55 bits per heavy atom. The molecule has 0 spiro atoms. The number of nitrogens with zero attached hydrogens (tertiary/aromatic N) is 2. The molecule has 0 aromatic heterocycles. The Hall–Kier alpha value is -1.95. The van der Waals surface area contributed by atoms with E-state index >= 15 is 0 Å². The second-order valence-electron chi connectivity index (χ2n) is 5.23. The van der Waals surface area contributed by atoms with Gasteiger partial charge in [0, 0.05) is 24.7 Å². The summed E-state index contributed by atoms with van der Waals surface area (Å²) >= 11 is 0. The smallest absolute Gasteiger partial charge is 0.307 e. The van der Waals surface area contributed by atoms with Gasteiger partial charge in [0.05, 0.1) is 10.8 Å². The predicted molar refractivity (Wildman–Crippen MR) is 73.5 cm³/mol. The zero-order valence-corrected chi connectivity index (χ0v) is 11.4. The number of carbonyl (C=O) groups is 1. The lowest BCUT2D eigenvalue weighted by atomic mass is 9.97. The van der Waals surface area contributed by atoms with Gasteiger partial charge in [0.1, 0.15) is 0 Å². The first kappa shape index (κ1) is 14.5. The van der Waals surface area contributed by atoms with Crippen LogP contribution in [0.4, 0.5) is 5.69 Å². The van der Waals surface area contributed by atoms with Gasteiger partial charge < -0.3 is 5.11 Å². The molecule has 1 aliphatic heterocycles. The molecule has 0 radical (unpaired) electrons. The molecule has 108 valence electrons. The first-order valence-corrected chi connectivity index (χ1v) is 6.67. The van der Waals surface area contributed by atoms with Crippen molar-refractivity contribution in [2.45, 2.75) is 26.3 Å². The van der Waals surface area contributed by atoms with Crippen molar-refractivity contribution in [2.75, 3.05) is 13.1 Å². The van der Waals surface area contributed by atoms with Gasteiger partial charge in [-0.3, -0.25) is 19.8 Å². The van der Waals surface area contributed by atoms with Crippen molar-refractivity contribution in [3.8, 4) is 0 Å². The van der Waals surface area contributed by atoms with Crippen LogP contribution >= 0.6 is 0 Å². The van der Waals surface area contributed by atoms with Gasteiger partial charge in [0.15, 0.2) is 0 Å². The summed E-state index contributed by atoms with van der Waals surface area (Å²) < 4.78 is 0. The second-order valence-corrected chi connectivity index (χ2v) is 5.23. The molecule has 0 aliphatic carbocycles. The Balaban J connectivity index is 2.12. The molecule has 2 rings (SSSR count). The Kier molecular flexibility index (Phi) is 4.34. The van der Waals surface area contributed by atoms with Crippen LogP contribution in [0.15, 0.2) is 18.2 Å². The van der Waals surface area contributed by atoms with Crippen LogP contribution in [-0.4, -0.2) is 34.0 Å². The van der Waals surface area contributed by atoms with E-state index in [9.17, 15) is 14.9 Å². The Bertz CT molecular complexity index is 530. The molecular weight excluding hydrogens is 260 g/mol. The SMILES string of the molecule is Cc1c(CN2CCCC(C(=O)O)C2)cccc1[N+](=O)[O-]. The Morgan fingerprint density at radius 3 is 2.95 bits per heavy atom. The van der Waals surface area contributed by atoms with E-state index in [1.807, 2.05) is 6.07 Å². The summed E-state index contributed by atoms with van der Waals surface area (Å²) in [5.41, 5.74) is 1.68. The van der Waals surface area contributed by atoms with E-state index in [4.69, 9.17) is 5.11 Å². The molecule has 1 aromatic carbocycles. The Morgan fingerprint density at radius 2 is 2.30 bits per heavy atom. The monoisotopic (exact) mass is 278 g/mol. The van der Waals surface area contributed by atoms with Crippen LogP contribution < -0.4 is 0 Å². The van der Waals surface area contributed by atoms with Gasteiger partial charge in [-0.05, 0) is 31.9 Å². The van der Waals surface area contributed by atoms with Crippen LogP contribution in [0, 0.1) is 23.0 Å². The highest BCUT2D eigenvalue weighted by atomic mass is 16.6. The minimum Gasteiger partial charge on any atom is -0.481 e. The van der Waals surface area contributed by atoms with E-state index in [1.54, 1.807) is 13.0 Å². The highest BCUT2D eigenvalue weighted by Crippen LogP contribution is 2.24. The summed E-state index contributed by atoms with van der Waals surface area (Å²) in [5.74, 6) is -1.09. The van der Waals surface area contributed by atoms with Crippen LogP contribution in [0.1, 0.15) is 24.0 Å². The molecule has 0 saturated carbocycles. The van der Waals surface area contributed by atoms with Crippen molar-refractivity contribution >= 4 is 11.7 Å². The van der Waals surface area contributed by atoms with E-state index in [2.05, 4.69) is 4.90 Å². The van der Waals surface area contributed by atoms with Crippen LogP contribution in [-0.2, 0) is 11.3 Å². The van der Waals surface area contributed by atoms with E-state index < -0.39 is 5.97 Å². The number of nitro benzene ring substituents is 1. The fourth-order valence-corrected chi connectivity index (χ4v) is 2.68. The first-order chi connectivity index (χ1) is 9.49. The number of piperidine rings is 1. The largest absolute Gasteiger partial charge is 0.481 e. The predicted octanol–water partition coefficient (Wildman–Crippen LogP) is 2.20. The minimum absolute atomic E-state index is 0.120. The quantitative estimate of drug-likeness (QED) is 0.674. The van der Waals surface area contributed by atoms with E-state index in [0.717, 1.165) is 18.5 Å². The third kappa shape index (κ3) is 3.14. The molecule has 20 heavy (non-hydrogen) atoms. The lowest BCUT2D eigenvalue weighted by Gasteiger charge is -2.30. The summed E-state index contributed by atoms with van der Waals surface area (Å²) in [6.07, 6.45) is 1.56. The number of hydrogen-bond acceptors (Lipinski definition) is 4. The topological polar surface area (TPSA) is 83.7 Å². The van der Waals surface area contributed by atoms with Gasteiger partial charge >= 0.3 is 5.97 Å². The van der Waals surface area contributed by atoms with Crippen LogP contribution in [0.25, 0.3) is 0 Å². The van der Waals surface area contributed by atoms with Gasteiger partial charge in [0.25, 0.3) is 5.69 Å². The first-order valence-electron chi connectivity index (χ1n) is 6.67. The van der Waals surface area contributed by atoms with Crippen molar-refractivity contribution in [1.29, 1.82) is 0 Å². The number of rotatable bonds is 4. The summed E-state index contributed by atoms with van der Waals surface area (Å²) in [4.78, 5) is 23.7. The van der Waals surface area contributed by atoms with Gasteiger partial charge in [-0.2, -0.15) is 0 Å². The van der Waals surface area contributed by atoms with E-state index in [0.29, 0.717) is 25.1 Å². The summed E-state index contributed by atoms with van der Waals surface area (Å²) in [6, 6.07) is 5.04. The third-order valence-electron chi connectivity index (χ3n) is 3.86. The standard InChI is InChI=1S/C14H18N2O4/c1-10-11(4-2-6-13(10)16(19)20)8-15-7-3-5-12(9-15)14(17)18/h2,4,6,12H,3,5,7-9H2,1H3,(H,17,18). The second kappa shape index (κ2) is 6.00. The fraction of sp³-hybridized carbons (Fsp3) is 0.500. The van der Waals surface area contributed by atoms with E-state index in [1.165, 1.54) is 6.07 Å². The molecule has 0 bridgehead atoms. The number of benzene rings is 1. The van der Waals surface area contributed by atoms with Crippen LogP contribution in [0.2, 0.25) is 0 Å². The molecule has 6 nitrogen and oxygen atoms in total. The maximum atomic E-state index is 11.0. The third-order valence-corrected chi connectivity index (χ3v) is 3.86. The van der Waals surface area contributed by atoms with Crippen LogP contribution in [0.3, 0.4) is 0 Å². The van der Waals surface area contributed by atoms with Gasteiger partial charge in [-0.15, -0.1) is 0 Å². The highest BCUT2D eigenvalue weighted by molar-refractivity contribution is 5.70. The average molecular weight is 278 g/mol. The summed E-state index contributed by atoms with van der Waals surface area (Å²) in [5, 5.41) is 20.0. The number of nitro groups is 1. The molecule has 1 unspecified atom stereocenters. The minimum atomic E-state index is -0.759. The lowest BCUT2D eigenvalue weighted by molar-refractivity contribution is -0.385. The van der Waals surface area contributed by atoms with E-state index in [-0.39, 0.29) is 16.5 Å². The maximum Gasteiger partial charge on any atom is 0.307 e. The van der Waals surface area contributed by atoms with Gasteiger partial charge in [0.2, 0.25) is 0 Å². The highest BCUT2D eigenvalue weighted by Gasteiger charge is 2.26. The molecular formula is C14H18N2O4. The molecule has 1 saturated heterocycles. The number of hydrogen-bond donors (Lipinski definition) is 1. The Labute approximate surface area is 117 Å². The van der Waals surface area contributed by atoms with Gasteiger partial charge in [-0.25, -0.2) is 0 Å². The number of carboxylic acids is 1. The molecule has 0 amide bonds. The molecule has 1 heterocycles. The zero-order valence-electron chi connectivity index (χ0n) is 11.4. The molecule has 1 N–H and O–H groups in total. The number of carboxylic acid groups (broad SMARTS) is 1. The van der Waals surface area contributed by atoms with Crippen molar-refractivity contribution in [1.82, 2.24) is 4.90 Å². The number of likely N-dealkylation sites (tertiary alicyclic amines) is 1. The molecule has 1 fully saturated rings. The number of aliphatic carboxylic acids is 1. The maximum absolute atomic E-state index is 11.0. The van der Waals surface area contributed by atoms with Crippen molar-refractivity contribution in [2.24, 2.45) is 5.92 Å². The molecule has 1 aromatic rings. The van der Waals surface area contributed by atoms with Crippen LogP contribution in [0.5, 0.6) is 0 Å². The zero-order chi connectivity index (χ0) is 14.7. The van der Waals surface area contributed by atoms with Crippen molar-refractivity contribution < 1.29 is 14.8 Å². The fourth-order valence-electron chi connectivity index (χ4n) is 2.68. The van der Waals surface area contributed by atoms with Crippen molar-refractivity contribution in [3.63, 3.8) is 0 Å². The molecule has 6 heteroatoms.